The first kappa shape index (κ1) is 14.0. The number of esters is 1. The van der Waals surface area contributed by atoms with Gasteiger partial charge in [0.05, 0.1) is 13.0 Å². The molecule has 3 nitrogen and oxygen atoms in total. The minimum Gasteiger partial charge on any atom is -0.466 e. The van der Waals surface area contributed by atoms with Gasteiger partial charge in [0.25, 0.3) is 0 Å². The average molecular weight is 300 g/mol. The third-order valence-corrected chi connectivity index (χ3v) is 3.31. The summed E-state index contributed by atoms with van der Waals surface area (Å²) in [6.45, 7) is 6.25. The van der Waals surface area contributed by atoms with Crippen LogP contribution in [0.5, 0.6) is 0 Å². The Balaban J connectivity index is 2.59. The van der Waals surface area contributed by atoms with Crippen molar-refractivity contribution in [3.8, 4) is 0 Å². The third kappa shape index (κ3) is 4.38. The van der Waals surface area contributed by atoms with E-state index in [1.807, 2.05) is 39.0 Å². The largest absolute Gasteiger partial charge is 0.466 e. The summed E-state index contributed by atoms with van der Waals surface area (Å²) in [4.78, 5) is 11.3. The van der Waals surface area contributed by atoms with Crippen LogP contribution in [0.4, 0.5) is 5.69 Å². The van der Waals surface area contributed by atoms with Gasteiger partial charge in [0, 0.05) is 16.2 Å². The molecule has 1 N–H and O–H groups in total. The Bertz CT molecular complexity index is 393. The van der Waals surface area contributed by atoms with Crippen molar-refractivity contribution in [3.05, 3.63) is 28.2 Å². The minimum absolute atomic E-state index is 0.0575. The van der Waals surface area contributed by atoms with Gasteiger partial charge >= 0.3 is 5.97 Å². The van der Waals surface area contributed by atoms with Crippen LogP contribution in [-0.4, -0.2) is 18.6 Å². The zero-order valence-corrected chi connectivity index (χ0v) is 12.0. The van der Waals surface area contributed by atoms with Crippen LogP contribution in [0.15, 0.2) is 22.7 Å². The Morgan fingerprint density at radius 1 is 1.53 bits per heavy atom. The number of benzene rings is 1. The lowest BCUT2D eigenvalue weighted by Gasteiger charge is -2.16. The molecule has 1 rings (SSSR count). The van der Waals surface area contributed by atoms with Crippen molar-refractivity contribution in [2.75, 3.05) is 11.9 Å². The summed E-state index contributed by atoms with van der Waals surface area (Å²) in [5.41, 5.74) is 2.18. The molecule has 0 heterocycles. The van der Waals surface area contributed by atoms with Crippen LogP contribution in [0.25, 0.3) is 0 Å². The number of rotatable bonds is 5. The number of carbonyl (C=O) groups excluding carboxylic acids is 1. The van der Waals surface area contributed by atoms with Gasteiger partial charge in [0.2, 0.25) is 0 Å². The molecule has 0 spiro atoms. The summed E-state index contributed by atoms with van der Waals surface area (Å²) in [6, 6.07) is 6.02. The van der Waals surface area contributed by atoms with Crippen molar-refractivity contribution in [1.29, 1.82) is 0 Å². The van der Waals surface area contributed by atoms with E-state index in [9.17, 15) is 4.79 Å². The van der Waals surface area contributed by atoms with E-state index in [0.29, 0.717) is 13.0 Å². The Hall–Kier alpha value is -1.03. The van der Waals surface area contributed by atoms with E-state index in [-0.39, 0.29) is 12.0 Å². The van der Waals surface area contributed by atoms with Gasteiger partial charge in [-0.2, -0.15) is 0 Å². The number of hydrogen-bond donors (Lipinski definition) is 1. The van der Waals surface area contributed by atoms with Crippen LogP contribution in [0.3, 0.4) is 0 Å². The molecule has 0 fully saturated rings. The molecule has 1 atom stereocenters. The van der Waals surface area contributed by atoms with Crippen molar-refractivity contribution in [2.45, 2.75) is 33.2 Å². The molecule has 1 unspecified atom stereocenters. The average Bonchev–Trinajstić information content (AvgIpc) is 2.25. The molecule has 94 valence electrons. The van der Waals surface area contributed by atoms with E-state index in [0.717, 1.165) is 15.7 Å². The van der Waals surface area contributed by atoms with Crippen LogP contribution in [0, 0.1) is 6.92 Å². The normalized spacial score (nSPS) is 12.0. The highest BCUT2D eigenvalue weighted by Gasteiger charge is 2.11. The standard InChI is InChI=1S/C13H18BrNO2/c1-4-17-13(16)8-9(2)15-12-7-5-6-11(14)10(12)3/h5-7,9,15H,4,8H2,1-3H3. The van der Waals surface area contributed by atoms with Gasteiger partial charge in [-0.15, -0.1) is 0 Å². The molecule has 0 aliphatic heterocycles. The molecule has 0 bridgehead atoms. The predicted octanol–water partition coefficient (Wildman–Crippen LogP) is 3.51. The zero-order valence-electron chi connectivity index (χ0n) is 10.4. The molecular weight excluding hydrogens is 282 g/mol. The molecule has 17 heavy (non-hydrogen) atoms. The lowest BCUT2D eigenvalue weighted by Crippen LogP contribution is -2.21. The Kier molecular flexibility index (Phi) is 5.48. The quantitative estimate of drug-likeness (QED) is 0.846. The van der Waals surface area contributed by atoms with E-state index in [4.69, 9.17) is 4.74 Å². The Labute approximate surface area is 111 Å². The maximum atomic E-state index is 11.3. The topological polar surface area (TPSA) is 38.3 Å². The molecule has 0 aliphatic carbocycles. The highest BCUT2D eigenvalue weighted by atomic mass is 79.9. The van der Waals surface area contributed by atoms with Gasteiger partial charge in [0.15, 0.2) is 0 Å². The highest BCUT2D eigenvalue weighted by Crippen LogP contribution is 2.24. The lowest BCUT2D eigenvalue weighted by atomic mass is 10.1. The van der Waals surface area contributed by atoms with E-state index in [1.165, 1.54) is 0 Å². The fourth-order valence-electron chi connectivity index (χ4n) is 1.55. The Morgan fingerprint density at radius 3 is 2.88 bits per heavy atom. The van der Waals surface area contributed by atoms with Crippen LogP contribution in [0.1, 0.15) is 25.8 Å². The first-order chi connectivity index (χ1) is 8.04. The fraction of sp³-hybridized carbons (Fsp3) is 0.462. The number of nitrogens with one attached hydrogen (secondary N) is 1. The summed E-state index contributed by atoms with van der Waals surface area (Å²) in [6.07, 6.45) is 0.375. The summed E-state index contributed by atoms with van der Waals surface area (Å²) in [7, 11) is 0. The van der Waals surface area contributed by atoms with Gasteiger partial charge in [-0.3, -0.25) is 4.79 Å². The van der Waals surface area contributed by atoms with Gasteiger partial charge in [-0.25, -0.2) is 0 Å². The van der Waals surface area contributed by atoms with E-state index in [1.54, 1.807) is 0 Å². The van der Waals surface area contributed by atoms with Crippen molar-refractivity contribution < 1.29 is 9.53 Å². The summed E-state index contributed by atoms with van der Waals surface area (Å²) >= 11 is 3.48. The number of anilines is 1. The maximum Gasteiger partial charge on any atom is 0.307 e. The molecule has 0 aliphatic rings. The van der Waals surface area contributed by atoms with Crippen molar-refractivity contribution in [2.24, 2.45) is 0 Å². The van der Waals surface area contributed by atoms with Crippen molar-refractivity contribution in [3.63, 3.8) is 0 Å². The predicted molar refractivity (Wildman–Crippen MR) is 73.2 cm³/mol. The molecule has 1 aromatic carbocycles. The smallest absolute Gasteiger partial charge is 0.307 e. The molecule has 0 amide bonds. The monoisotopic (exact) mass is 299 g/mol. The van der Waals surface area contributed by atoms with E-state index in [2.05, 4.69) is 21.2 Å². The minimum atomic E-state index is -0.167. The van der Waals surface area contributed by atoms with Crippen LogP contribution >= 0.6 is 15.9 Å². The van der Waals surface area contributed by atoms with Gasteiger partial charge in [-0.05, 0) is 38.5 Å². The molecule has 0 saturated heterocycles. The van der Waals surface area contributed by atoms with Crippen molar-refractivity contribution in [1.82, 2.24) is 0 Å². The van der Waals surface area contributed by atoms with Crippen molar-refractivity contribution >= 4 is 27.6 Å². The molecule has 4 heteroatoms. The summed E-state index contributed by atoms with van der Waals surface area (Å²) < 4.78 is 5.98. The van der Waals surface area contributed by atoms with E-state index < -0.39 is 0 Å². The Morgan fingerprint density at radius 2 is 2.24 bits per heavy atom. The first-order valence-electron chi connectivity index (χ1n) is 5.71. The molecule has 0 radical (unpaired) electrons. The van der Waals surface area contributed by atoms with Gasteiger partial charge in [0.1, 0.15) is 0 Å². The molecule has 1 aromatic rings. The molecule has 0 aromatic heterocycles. The second kappa shape index (κ2) is 6.64. The first-order valence-corrected chi connectivity index (χ1v) is 6.51. The second-order valence-corrected chi connectivity index (χ2v) is 4.82. The van der Waals surface area contributed by atoms with Gasteiger partial charge < -0.3 is 10.1 Å². The van der Waals surface area contributed by atoms with Crippen LogP contribution in [-0.2, 0) is 9.53 Å². The number of halogens is 1. The third-order valence-electron chi connectivity index (χ3n) is 2.45. The highest BCUT2D eigenvalue weighted by molar-refractivity contribution is 9.10. The summed E-state index contributed by atoms with van der Waals surface area (Å²) in [5, 5.41) is 3.31. The second-order valence-electron chi connectivity index (χ2n) is 3.97. The number of ether oxygens (including phenoxy) is 1. The van der Waals surface area contributed by atoms with Gasteiger partial charge in [-0.1, -0.05) is 22.0 Å². The fourth-order valence-corrected chi connectivity index (χ4v) is 1.92. The zero-order chi connectivity index (χ0) is 12.8. The molecular formula is C13H18BrNO2. The summed E-state index contributed by atoms with van der Waals surface area (Å²) in [5.74, 6) is -0.167. The maximum absolute atomic E-state index is 11.3. The molecule has 0 saturated carbocycles. The van der Waals surface area contributed by atoms with Crippen LogP contribution < -0.4 is 5.32 Å². The number of carbonyl (C=O) groups is 1. The lowest BCUT2D eigenvalue weighted by molar-refractivity contribution is -0.143. The number of hydrogen-bond acceptors (Lipinski definition) is 3. The SMILES string of the molecule is CCOC(=O)CC(C)Nc1cccc(Br)c1C. The van der Waals surface area contributed by atoms with E-state index >= 15 is 0 Å². The van der Waals surface area contributed by atoms with Crippen LogP contribution in [0.2, 0.25) is 0 Å².